The molecule has 3 aromatic carbocycles. The van der Waals surface area contributed by atoms with Crippen molar-refractivity contribution in [2.75, 3.05) is 48.8 Å². The van der Waals surface area contributed by atoms with Crippen LogP contribution in [0.3, 0.4) is 0 Å². The number of H-pyrrole nitrogens is 1. The van der Waals surface area contributed by atoms with Crippen molar-refractivity contribution in [2.45, 2.75) is 29.1 Å². The summed E-state index contributed by atoms with van der Waals surface area (Å²) in [5, 5.41) is 13.1. The summed E-state index contributed by atoms with van der Waals surface area (Å²) in [6.45, 7) is 3.49. The Hall–Kier alpha value is -4.29. The van der Waals surface area contributed by atoms with Crippen molar-refractivity contribution in [2.24, 2.45) is 5.92 Å². The number of nitrogens with zero attached hydrogens (tertiary/aromatic N) is 3. The standard InChI is InChI=1S/C30H31FN6O4S/c1-36-12-14-37(15-13-36)21-8-10-24(27(17-21)32-29(38)19-4-2-5-19)30(39)33-28-25-18-23(9-11-26(25)34-35-28)42(40,41)22-7-3-6-20(31)16-22/h3,6-11,16-19H,2,4-5,12-15H2,1H3,(H,32,38)(H2,33,34,35,39). The molecule has 1 aliphatic carbocycles. The van der Waals surface area contributed by atoms with Crippen LogP contribution in [0.25, 0.3) is 10.9 Å². The molecule has 12 heteroatoms. The van der Waals surface area contributed by atoms with E-state index < -0.39 is 21.6 Å². The van der Waals surface area contributed by atoms with Gasteiger partial charge in [-0.2, -0.15) is 5.10 Å². The maximum atomic E-state index is 13.8. The molecule has 2 amide bonds. The fraction of sp³-hybridized carbons (Fsp3) is 0.300. The molecule has 0 bridgehead atoms. The number of carbonyl (C=O) groups is 2. The predicted octanol–water partition coefficient (Wildman–Crippen LogP) is 4.28. The van der Waals surface area contributed by atoms with Gasteiger partial charge >= 0.3 is 0 Å². The third-order valence-electron chi connectivity index (χ3n) is 8.03. The summed E-state index contributed by atoms with van der Waals surface area (Å²) >= 11 is 0. The maximum Gasteiger partial charge on any atom is 0.258 e. The molecule has 4 aromatic rings. The molecule has 1 saturated heterocycles. The second-order valence-corrected chi connectivity index (χ2v) is 12.8. The van der Waals surface area contributed by atoms with Crippen LogP contribution in [0, 0.1) is 11.7 Å². The number of nitrogens with one attached hydrogen (secondary N) is 3. The molecule has 0 spiro atoms. The van der Waals surface area contributed by atoms with Gasteiger partial charge in [-0.15, -0.1) is 0 Å². The second-order valence-electron chi connectivity index (χ2n) is 10.8. The highest BCUT2D eigenvalue weighted by Crippen LogP contribution is 2.32. The fourth-order valence-electron chi connectivity index (χ4n) is 5.20. The summed E-state index contributed by atoms with van der Waals surface area (Å²) in [7, 11) is -1.95. The lowest BCUT2D eigenvalue weighted by molar-refractivity contribution is -0.122. The number of sulfone groups is 1. The first-order valence-corrected chi connectivity index (χ1v) is 15.4. The second kappa shape index (κ2) is 11.2. The van der Waals surface area contributed by atoms with Crippen LogP contribution in [0.2, 0.25) is 0 Å². The third kappa shape index (κ3) is 5.47. The van der Waals surface area contributed by atoms with Gasteiger partial charge in [0.1, 0.15) is 5.82 Å². The van der Waals surface area contributed by atoms with Crippen LogP contribution in [-0.4, -0.2) is 68.6 Å². The lowest BCUT2D eigenvalue weighted by Crippen LogP contribution is -2.44. The first kappa shape index (κ1) is 27.9. The van der Waals surface area contributed by atoms with Crippen molar-refractivity contribution in [3.05, 3.63) is 72.0 Å². The molecule has 0 unspecified atom stereocenters. The van der Waals surface area contributed by atoms with E-state index in [9.17, 15) is 22.4 Å². The van der Waals surface area contributed by atoms with Crippen molar-refractivity contribution < 1.29 is 22.4 Å². The summed E-state index contributed by atoms with van der Waals surface area (Å²) in [6, 6.07) is 14.5. The SMILES string of the molecule is CN1CCN(c2ccc(C(=O)Nc3n[nH]c4ccc(S(=O)(=O)c5cccc(F)c5)cc34)c(NC(=O)C3CCC3)c2)CC1. The van der Waals surface area contributed by atoms with Crippen molar-refractivity contribution in [1.82, 2.24) is 15.1 Å². The van der Waals surface area contributed by atoms with Gasteiger partial charge in [0.2, 0.25) is 15.7 Å². The van der Waals surface area contributed by atoms with E-state index in [-0.39, 0.29) is 33.0 Å². The number of likely N-dealkylation sites (N-methyl/N-ethyl adjacent to an activating group) is 1. The average molecular weight is 591 g/mol. The van der Waals surface area contributed by atoms with Crippen molar-refractivity contribution in [3.8, 4) is 0 Å². The zero-order chi connectivity index (χ0) is 29.4. The molecular formula is C30H31FN6O4S. The van der Waals surface area contributed by atoms with Crippen LogP contribution in [0.15, 0.2) is 70.5 Å². The van der Waals surface area contributed by atoms with E-state index in [1.807, 2.05) is 12.1 Å². The largest absolute Gasteiger partial charge is 0.369 e. The van der Waals surface area contributed by atoms with Gasteiger partial charge in [0.15, 0.2) is 5.82 Å². The predicted molar refractivity (Wildman–Crippen MR) is 158 cm³/mol. The molecule has 6 rings (SSSR count). The maximum absolute atomic E-state index is 13.8. The van der Waals surface area contributed by atoms with E-state index in [1.54, 1.807) is 12.1 Å². The summed E-state index contributed by atoms with van der Waals surface area (Å²) in [5.74, 6) is -1.21. The monoisotopic (exact) mass is 590 g/mol. The minimum absolute atomic E-state index is 0.0671. The summed E-state index contributed by atoms with van der Waals surface area (Å²) in [5.41, 5.74) is 2.10. The number of piperazine rings is 1. The molecule has 10 nitrogen and oxygen atoms in total. The Labute approximate surface area is 242 Å². The highest BCUT2D eigenvalue weighted by molar-refractivity contribution is 7.91. The molecule has 42 heavy (non-hydrogen) atoms. The highest BCUT2D eigenvalue weighted by Gasteiger charge is 2.27. The van der Waals surface area contributed by atoms with Crippen LogP contribution in [0.4, 0.5) is 21.6 Å². The molecule has 1 aliphatic heterocycles. The Bertz CT molecular complexity index is 1780. The molecule has 2 heterocycles. The zero-order valence-corrected chi connectivity index (χ0v) is 23.9. The number of aromatic nitrogens is 2. The Morgan fingerprint density at radius 1 is 0.952 bits per heavy atom. The van der Waals surface area contributed by atoms with Crippen molar-refractivity contribution >= 4 is 49.7 Å². The number of hydrogen-bond donors (Lipinski definition) is 3. The first-order chi connectivity index (χ1) is 20.2. The fourth-order valence-corrected chi connectivity index (χ4v) is 6.52. The quantitative estimate of drug-likeness (QED) is 0.293. The first-order valence-electron chi connectivity index (χ1n) is 13.9. The number of hydrogen-bond acceptors (Lipinski definition) is 7. The Kier molecular flexibility index (Phi) is 7.42. The number of anilines is 3. The van der Waals surface area contributed by atoms with E-state index in [1.165, 1.54) is 30.3 Å². The number of rotatable bonds is 7. The third-order valence-corrected chi connectivity index (χ3v) is 9.78. The van der Waals surface area contributed by atoms with Gasteiger partial charge in [-0.25, -0.2) is 12.8 Å². The van der Waals surface area contributed by atoms with Gasteiger partial charge in [-0.1, -0.05) is 12.5 Å². The van der Waals surface area contributed by atoms with Crippen LogP contribution in [0.1, 0.15) is 29.6 Å². The Morgan fingerprint density at radius 2 is 1.71 bits per heavy atom. The molecule has 1 aromatic heterocycles. The number of fused-ring (bicyclic) bond motifs is 1. The molecule has 218 valence electrons. The highest BCUT2D eigenvalue weighted by atomic mass is 32.2. The topological polar surface area (TPSA) is 127 Å². The molecule has 0 radical (unpaired) electrons. The summed E-state index contributed by atoms with van der Waals surface area (Å²) in [4.78, 5) is 30.7. The minimum Gasteiger partial charge on any atom is -0.369 e. The Balaban J connectivity index is 1.30. The average Bonchev–Trinajstić information content (AvgIpc) is 3.34. The Morgan fingerprint density at radius 3 is 2.43 bits per heavy atom. The van der Waals surface area contributed by atoms with Crippen molar-refractivity contribution in [1.29, 1.82) is 0 Å². The van der Waals surface area contributed by atoms with Gasteiger partial charge in [0.25, 0.3) is 5.91 Å². The van der Waals surface area contributed by atoms with Gasteiger partial charge in [-0.3, -0.25) is 14.7 Å². The molecular weight excluding hydrogens is 559 g/mol. The summed E-state index contributed by atoms with van der Waals surface area (Å²) in [6.07, 6.45) is 2.66. The van der Waals surface area contributed by atoms with Gasteiger partial charge in [-0.05, 0) is 74.5 Å². The number of carbonyl (C=O) groups excluding carboxylic acids is 2. The number of benzene rings is 3. The summed E-state index contributed by atoms with van der Waals surface area (Å²) < 4.78 is 40.1. The van der Waals surface area contributed by atoms with E-state index in [4.69, 9.17) is 0 Å². The number of amides is 2. The van der Waals surface area contributed by atoms with Crippen LogP contribution < -0.4 is 15.5 Å². The van der Waals surface area contributed by atoms with Gasteiger partial charge < -0.3 is 20.4 Å². The molecule has 0 atom stereocenters. The number of aromatic amines is 1. The van der Waals surface area contributed by atoms with Crippen molar-refractivity contribution in [3.63, 3.8) is 0 Å². The normalized spacial score (nSPS) is 16.3. The van der Waals surface area contributed by atoms with Crippen LogP contribution in [-0.2, 0) is 14.6 Å². The van der Waals surface area contributed by atoms with E-state index >= 15 is 0 Å². The van der Waals surface area contributed by atoms with Gasteiger partial charge in [0.05, 0.1) is 26.6 Å². The molecule has 2 fully saturated rings. The van der Waals surface area contributed by atoms with Crippen LogP contribution in [0.5, 0.6) is 0 Å². The van der Waals surface area contributed by atoms with Crippen LogP contribution >= 0.6 is 0 Å². The molecule has 3 N–H and O–H groups in total. The smallest absolute Gasteiger partial charge is 0.258 e. The lowest BCUT2D eigenvalue weighted by Gasteiger charge is -2.34. The van der Waals surface area contributed by atoms with E-state index in [2.05, 4.69) is 37.7 Å². The molecule has 2 aliphatic rings. The zero-order valence-electron chi connectivity index (χ0n) is 23.1. The number of halogens is 1. The molecule has 1 saturated carbocycles. The van der Waals surface area contributed by atoms with E-state index in [0.717, 1.165) is 57.2 Å². The van der Waals surface area contributed by atoms with E-state index in [0.29, 0.717) is 16.6 Å². The minimum atomic E-state index is -4.02. The lowest BCUT2D eigenvalue weighted by atomic mass is 9.84. The van der Waals surface area contributed by atoms with Gasteiger partial charge in [0, 0.05) is 43.2 Å².